The zero-order valence-electron chi connectivity index (χ0n) is 22.5. The fraction of sp³-hybridized carbons (Fsp3) is 0.281. The van der Waals surface area contributed by atoms with Gasteiger partial charge in [0.25, 0.3) is 5.91 Å². The molecule has 2 amide bonds. The summed E-state index contributed by atoms with van der Waals surface area (Å²) in [6, 6.07) is 21.7. The molecule has 0 saturated carbocycles. The third kappa shape index (κ3) is 7.36. The Bertz CT molecular complexity index is 1500. The number of hydrogen-bond donors (Lipinski definition) is 0. The highest BCUT2D eigenvalue weighted by Gasteiger charge is 2.24. The number of fused-ring (bicyclic) bond motifs is 1. The number of aryl methyl sites for hydroxylation is 1. The Labute approximate surface area is 233 Å². The van der Waals surface area contributed by atoms with Gasteiger partial charge >= 0.3 is 0 Å². The van der Waals surface area contributed by atoms with Crippen LogP contribution in [0.3, 0.4) is 0 Å². The van der Waals surface area contributed by atoms with Crippen molar-refractivity contribution in [3.63, 3.8) is 0 Å². The van der Waals surface area contributed by atoms with Crippen LogP contribution in [0.4, 0.5) is 0 Å². The van der Waals surface area contributed by atoms with E-state index in [9.17, 15) is 14.4 Å². The molecule has 0 spiro atoms. The topological polar surface area (TPSA) is 70.8 Å². The van der Waals surface area contributed by atoms with Crippen molar-refractivity contribution >= 4 is 34.4 Å². The molecule has 0 bridgehead atoms. The van der Waals surface area contributed by atoms with Crippen LogP contribution in [0.2, 0.25) is 5.02 Å². The molecular formula is C32H33ClN2O4. The number of carbonyl (C=O) groups is 2. The van der Waals surface area contributed by atoms with Crippen LogP contribution >= 0.6 is 11.6 Å². The van der Waals surface area contributed by atoms with Crippen LogP contribution in [0.15, 0.2) is 88.3 Å². The van der Waals surface area contributed by atoms with Crippen LogP contribution in [0.5, 0.6) is 0 Å². The van der Waals surface area contributed by atoms with Gasteiger partial charge in [0.15, 0.2) is 5.43 Å². The van der Waals surface area contributed by atoms with Crippen molar-refractivity contribution in [2.75, 3.05) is 13.1 Å². The summed E-state index contributed by atoms with van der Waals surface area (Å²) in [5, 5.41) is 1.02. The van der Waals surface area contributed by atoms with Gasteiger partial charge < -0.3 is 14.2 Å². The predicted octanol–water partition coefficient (Wildman–Crippen LogP) is 6.47. The van der Waals surface area contributed by atoms with E-state index in [2.05, 4.69) is 13.8 Å². The minimum atomic E-state index is -0.256. The normalized spacial score (nSPS) is 11.1. The van der Waals surface area contributed by atoms with E-state index in [1.807, 2.05) is 43.3 Å². The smallest absolute Gasteiger partial charge is 0.254 e. The Kier molecular flexibility index (Phi) is 9.20. The summed E-state index contributed by atoms with van der Waals surface area (Å²) in [4.78, 5) is 43.8. The molecule has 0 aliphatic heterocycles. The Morgan fingerprint density at radius 1 is 0.923 bits per heavy atom. The van der Waals surface area contributed by atoms with Gasteiger partial charge in [-0.3, -0.25) is 14.4 Å². The molecule has 0 unspecified atom stereocenters. The van der Waals surface area contributed by atoms with Crippen molar-refractivity contribution in [3.8, 4) is 0 Å². The van der Waals surface area contributed by atoms with E-state index < -0.39 is 0 Å². The second kappa shape index (κ2) is 12.8. The molecule has 0 aliphatic rings. The minimum Gasteiger partial charge on any atom is -0.464 e. The van der Waals surface area contributed by atoms with Gasteiger partial charge in [-0.1, -0.05) is 67.4 Å². The molecule has 0 saturated heterocycles. The molecule has 0 radical (unpaired) electrons. The number of halogens is 1. The molecule has 4 rings (SSSR count). The molecule has 6 nitrogen and oxygen atoms in total. The fourth-order valence-electron chi connectivity index (χ4n) is 4.34. The highest BCUT2D eigenvalue weighted by molar-refractivity contribution is 6.30. The maximum absolute atomic E-state index is 13.8. The molecule has 1 heterocycles. The monoisotopic (exact) mass is 544 g/mol. The summed E-state index contributed by atoms with van der Waals surface area (Å²) in [6.45, 7) is 6.75. The largest absolute Gasteiger partial charge is 0.464 e. The summed E-state index contributed by atoms with van der Waals surface area (Å²) in [5.74, 6) is -0.138. The van der Waals surface area contributed by atoms with E-state index >= 15 is 0 Å². The van der Waals surface area contributed by atoms with E-state index in [0.29, 0.717) is 39.6 Å². The third-order valence-corrected chi connectivity index (χ3v) is 6.86. The predicted molar refractivity (Wildman–Crippen MR) is 155 cm³/mol. The van der Waals surface area contributed by atoms with Crippen molar-refractivity contribution in [1.29, 1.82) is 0 Å². The van der Waals surface area contributed by atoms with E-state index in [-0.39, 0.29) is 36.9 Å². The van der Waals surface area contributed by atoms with Gasteiger partial charge in [-0.05, 0) is 61.2 Å². The number of hydrogen-bond acceptors (Lipinski definition) is 4. The summed E-state index contributed by atoms with van der Waals surface area (Å²) in [6.07, 6.45) is 2.18. The molecule has 0 aliphatic carbocycles. The van der Waals surface area contributed by atoms with Crippen LogP contribution in [0, 0.1) is 12.8 Å². The van der Waals surface area contributed by atoms with Crippen molar-refractivity contribution in [2.24, 2.45) is 5.92 Å². The Morgan fingerprint density at radius 3 is 2.33 bits per heavy atom. The quantitative estimate of drug-likeness (QED) is 0.229. The van der Waals surface area contributed by atoms with Gasteiger partial charge in [-0.25, -0.2) is 0 Å². The molecule has 202 valence electrons. The first-order valence-electron chi connectivity index (χ1n) is 13.1. The fourth-order valence-corrected chi connectivity index (χ4v) is 4.47. The summed E-state index contributed by atoms with van der Waals surface area (Å²) in [7, 11) is 0. The van der Waals surface area contributed by atoms with Crippen LogP contribution in [0.1, 0.15) is 47.3 Å². The lowest BCUT2D eigenvalue weighted by Gasteiger charge is -2.28. The molecule has 0 atom stereocenters. The molecule has 1 aromatic heterocycles. The van der Waals surface area contributed by atoms with Gasteiger partial charge in [0.05, 0.1) is 23.8 Å². The van der Waals surface area contributed by atoms with E-state index in [1.54, 1.807) is 46.2 Å². The maximum Gasteiger partial charge on any atom is 0.254 e. The highest BCUT2D eigenvalue weighted by Crippen LogP contribution is 2.17. The first kappa shape index (κ1) is 28.1. The van der Waals surface area contributed by atoms with Gasteiger partial charge in [0.2, 0.25) is 5.91 Å². The van der Waals surface area contributed by atoms with Crippen LogP contribution < -0.4 is 5.43 Å². The van der Waals surface area contributed by atoms with Crippen molar-refractivity contribution < 1.29 is 14.0 Å². The van der Waals surface area contributed by atoms with Crippen LogP contribution in [-0.2, 0) is 17.9 Å². The van der Waals surface area contributed by atoms with E-state index in [0.717, 1.165) is 17.5 Å². The third-order valence-electron chi connectivity index (χ3n) is 6.61. The number of carbonyl (C=O) groups excluding carboxylic acids is 2. The van der Waals surface area contributed by atoms with Gasteiger partial charge in [-0.2, -0.15) is 0 Å². The van der Waals surface area contributed by atoms with Gasteiger partial charge in [0.1, 0.15) is 12.1 Å². The zero-order valence-corrected chi connectivity index (χ0v) is 23.3. The first-order chi connectivity index (χ1) is 18.7. The number of nitrogens with zero attached hydrogens (tertiary/aromatic N) is 2. The van der Waals surface area contributed by atoms with Crippen molar-refractivity contribution in [2.45, 2.75) is 40.3 Å². The lowest BCUT2D eigenvalue weighted by Crippen LogP contribution is -2.43. The van der Waals surface area contributed by atoms with E-state index in [4.69, 9.17) is 16.0 Å². The van der Waals surface area contributed by atoms with Crippen LogP contribution in [-0.4, -0.2) is 34.7 Å². The Morgan fingerprint density at radius 2 is 1.64 bits per heavy atom. The summed E-state index contributed by atoms with van der Waals surface area (Å²) < 4.78 is 5.75. The maximum atomic E-state index is 13.8. The summed E-state index contributed by atoms with van der Waals surface area (Å²) >= 11 is 6.02. The molecule has 0 N–H and O–H groups in total. The zero-order chi connectivity index (χ0) is 27.9. The molecule has 39 heavy (non-hydrogen) atoms. The second-order valence-electron chi connectivity index (χ2n) is 10.2. The molecular weight excluding hydrogens is 512 g/mol. The van der Waals surface area contributed by atoms with Crippen LogP contribution in [0.25, 0.3) is 11.0 Å². The molecule has 4 aromatic rings. The van der Waals surface area contributed by atoms with Crippen molar-refractivity contribution in [3.05, 3.63) is 117 Å². The highest BCUT2D eigenvalue weighted by atomic mass is 35.5. The van der Waals surface area contributed by atoms with Gasteiger partial charge in [-0.15, -0.1) is 0 Å². The minimum absolute atomic E-state index is 0.0626. The standard InChI is InChI=1S/C32H33ClN2O4/c1-22(2)15-16-34(32(38)25-10-12-27(33)13-11-25)20-30(36)35(18-24-7-5-4-6-8-24)19-26-21-39-29-14-9-23(3)17-28(29)31(26)37/h4-14,17,21-22H,15-16,18-20H2,1-3H3. The van der Waals surface area contributed by atoms with Crippen molar-refractivity contribution in [1.82, 2.24) is 9.80 Å². The SMILES string of the molecule is Cc1ccc2occ(CN(Cc3ccccc3)C(=O)CN(CCC(C)C)C(=O)c3ccc(Cl)cc3)c(=O)c2c1. The Hall–Kier alpha value is -3.90. The number of benzene rings is 3. The first-order valence-corrected chi connectivity index (χ1v) is 13.5. The molecule has 0 fully saturated rings. The lowest BCUT2D eigenvalue weighted by molar-refractivity contribution is -0.133. The number of rotatable bonds is 10. The molecule has 7 heteroatoms. The van der Waals surface area contributed by atoms with Gasteiger partial charge in [0, 0.05) is 23.7 Å². The second-order valence-corrected chi connectivity index (χ2v) is 10.7. The lowest BCUT2D eigenvalue weighted by atomic mass is 10.1. The Balaban J connectivity index is 1.63. The summed E-state index contributed by atoms with van der Waals surface area (Å²) in [5.41, 5.74) is 3.06. The average molecular weight is 545 g/mol. The van der Waals surface area contributed by atoms with E-state index in [1.165, 1.54) is 6.26 Å². The average Bonchev–Trinajstić information content (AvgIpc) is 2.92. The number of amides is 2. The molecule has 3 aromatic carbocycles.